The summed E-state index contributed by atoms with van der Waals surface area (Å²) in [5.41, 5.74) is 6.79. The van der Waals surface area contributed by atoms with Gasteiger partial charge in [-0.05, 0) is 18.1 Å². The average molecular weight is 246 g/mol. The van der Waals surface area contributed by atoms with Crippen LogP contribution in [-0.4, -0.2) is 12.2 Å². The molecule has 0 aliphatic carbocycles. The van der Waals surface area contributed by atoms with E-state index >= 15 is 0 Å². The fourth-order valence-electron chi connectivity index (χ4n) is 1.58. The average Bonchev–Trinajstić information content (AvgIpc) is 2.26. The Labute approximate surface area is 103 Å². The Balaban J connectivity index is 0.00000225. The van der Waals surface area contributed by atoms with Crippen LogP contribution in [-0.2, 0) is 0 Å². The molecule has 0 radical (unpaired) electrons. The quantitative estimate of drug-likeness (QED) is 0.858. The lowest BCUT2D eigenvalue weighted by atomic mass is 9.92. The van der Waals surface area contributed by atoms with E-state index in [1.807, 2.05) is 6.07 Å². The third kappa shape index (κ3) is 3.03. The standard InChI is InChI=1S/C12H19NO2.ClH/c1-4-8(2)12(13)11-9(14)6-5-7-10(11)15-3;/h5-8,12,14H,4,13H2,1-3H3;1H/t8?,12-;/m0./s1. The van der Waals surface area contributed by atoms with Crippen LogP contribution in [0.2, 0.25) is 0 Å². The van der Waals surface area contributed by atoms with E-state index in [0.29, 0.717) is 17.2 Å². The van der Waals surface area contributed by atoms with Gasteiger partial charge in [0, 0.05) is 6.04 Å². The molecule has 0 aliphatic rings. The molecule has 0 saturated carbocycles. The molecule has 1 unspecified atom stereocenters. The molecule has 1 rings (SSSR count). The van der Waals surface area contributed by atoms with Crippen molar-refractivity contribution < 1.29 is 9.84 Å². The first-order chi connectivity index (χ1) is 7.11. The number of phenols is 1. The summed E-state index contributed by atoms with van der Waals surface area (Å²) in [5.74, 6) is 1.18. The van der Waals surface area contributed by atoms with Crippen molar-refractivity contribution in [3.63, 3.8) is 0 Å². The molecule has 0 spiro atoms. The molecule has 0 heterocycles. The van der Waals surface area contributed by atoms with Crippen LogP contribution in [0.4, 0.5) is 0 Å². The number of rotatable bonds is 4. The highest BCUT2D eigenvalue weighted by Gasteiger charge is 2.20. The van der Waals surface area contributed by atoms with Crippen molar-refractivity contribution in [2.24, 2.45) is 11.7 Å². The lowest BCUT2D eigenvalue weighted by Gasteiger charge is -2.21. The summed E-state index contributed by atoms with van der Waals surface area (Å²) in [4.78, 5) is 0. The van der Waals surface area contributed by atoms with Crippen molar-refractivity contribution in [1.82, 2.24) is 0 Å². The first kappa shape index (κ1) is 15.1. The third-order valence-electron chi connectivity index (χ3n) is 2.85. The van der Waals surface area contributed by atoms with Gasteiger partial charge in [0.1, 0.15) is 11.5 Å². The smallest absolute Gasteiger partial charge is 0.127 e. The molecule has 1 aromatic rings. The monoisotopic (exact) mass is 245 g/mol. The van der Waals surface area contributed by atoms with Gasteiger partial charge in [0.25, 0.3) is 0 Å². The second-order valence-corrected chi connectivity index (χ2v) is 3.80. The first-order valence-corrected chi connectivity index (χ1v) is 5.23. The largest absolute Gasteiger partial charge is 0.507 e. The third-order valence-corrected chi connectivity index (χ3v) is 2.85. The predicted octanol–water partition coefficient (Wildman–Crippen LogP) is 2.87. The maximum Gasteiger partial charge on any atom is 0.127 e. The number of hydrogen-bond donors (Lipinski definition) is 2. The van der Waals surface area contributed by atoms with E-state index in [4.69, 9.17) is 10.5 Å². The Morgan fingerprint density at radius 3 is 2.56 bits per heavy atom. The number of hydrogen-bond acceptors (Lipinski definition) is 3. The van der Waals surface area contributed by atoms with E-state index in [0.717, 1.165) is 6.42 Å². The topological polar surface area (TPSA) is 55.5 Å². The molecular weight excluding hydrogens is 226 g/mol. The number of aromatic hydroxyl groups is 1. The van der Waals surface area contributed by atoms with Crippen LogP contribution in [0.15, 0.2) is 18.2 Å². The Kier molecular flexibility index (Phi) is 6.22. The maximum absolute atomic E-state index is 9.78. The van der Waals surface area contributed by atoms with Crippen LogP contribution in [0.3, 0.4) is 0 Å². The molecular formula is C12H20ClNO2. The minimum absolute atomic E-state index is 0. The zero-order valence-electron chi connectivity index (χ0n) is 9.93. The Morgan fingerprint density at radius 1 is 1.44 bits per heavy atom. The maximum atomic E-state index is 9.78. The lowest BCUT2D eigenvalue weighted by molar-refractivity contribution is 0.372. The number of methoxy groups -OCH3 is 1. The molecule has 0 aliphatic heterocycles. The van der Waals surface area contributed by atoms with Gasteiger partial charge in [-0.1, -0.05) is 26.3 Å². The van der Waals surface area contributed by atoms with Crippen LogP contribution >= 0.6 is 12.4 Å². The van der Waals surface area contributed by atoms with Gasteiger partial charge in [-0.25, -0.2) is 0 Å². The molecule has 3 nitrogen and oxygen atoms in total. The molecule has 92 valence electrons. The zero-order chi connectivity index (χ0) is 11.4. The summed E-state index contributed by atoms with van der Waals surface area (Å²) in [6.07, 6.45) is 0.971. The molecule has 2 atom stereocenters. The second-order valence-electron chi connectivity index (χ2n) is 3.80. The van der Waals surface area contributed by atoms with Crippen molar-refractivity contribution in [2.45, 2.75) is 26.3 Å². The van der Waals surface area contributed by atoms with E-state index in [-0.39, 0.29) is 24.2 Å². The van der Waals surface area contributed by atoms with E-state index < -0.39 is 0 Å². The van der Waals surface area contributed by atoms with Gasteiger partial charge in [0.15, 0.2) is 0 Å². The van der Waals surface area contributed by atoms with Crippen LogP contribution < -0.4 is 10.5 Å². The van der Waals surface area contributed by atoms with Gasteiger partial charge in [0.2, 0.25) is 0 Å². The highest BCUT2D eigenvalue weighted by molar-refractivity contribution is 5.85. The normalized spacial score (nSPS) is 13.8. The summed E-state index contributed by atoms with van der Waals surface area (Å²) >= 11 is 0. The first-order valence-electron chi connectivity index (χ1n) is 5.23. The predicted molar refractivity (Wildman–Crippen MR) is 68.3 cm³/mol. The highest BCUT2D eigenvalue weighted by Crippen LogP contribution is 2.36. The summed E-state index contributed by atoms with van der Waals surface area (Å²) in [6.45, 7) is 4.15. The van der Waals surface area contributed by atoms with Crippen molar-refractivity contribution in [2.75, 3.05) is 7.11 Å². The molecule has 0 saturated heterocycles. The number of benzene rings is 1. The minimum Gasteiger partial charge on any atom is -0.507 e. The fourth-order valence-corrected chi connectivity index (χ4v) is 1.58. The molecule has 4 heteroatoms. The summed E-state index contributed by atoms with van der Waals surface area (Å²) < 4.78 is 5.20. The molecule has 1 aromatic carbocycles. The summed E-state index contributed by atoms with van der Waals surface area (Å²) in [5, 5.41) is 9.78. The van der Waals surface area contributed by atoms with E-state index in [1.165, 1.54) is 0 Å². The van der Waals surface area contributed by atoms with Crippen LogP contribution in [0, 0.1) is 5.92 Å². The molecule has 16 heavy (non-hydrogen) atoms. The zero-order valence-corrected chi connectivity index (χ0v) is 10.8. The van der Waals surface area contributed by atoms with Gasteiger partial charge >= 0.3 is 0 Å². The summed E-state index contributed by atoms with van der Waals surface area (Å²) in [6, 6.07) is 5.02. The molecule has 0 fully saturated rings. The minimum atomic E-state index is -0.189. The molecule has 3 N–H and O–H groups in total. The number of ether oxygens (including phenoxy) is 1. The van der Waals surface area contributed by atoms with Crippen LogP contribution in [0.25, 0.3) is 0 Å². The molecule has 0 amide bonds. The van der Waals surface area contributed by atoms with E-state index in [1.54, 1.807) is 19.2 Å². The SMILES string of the molecule is CCC(C)[C@H](N)c1c(O)cccc1OC.Cl. The lowest BCUT2D eigenvalue weighted by Crippen LogP contribution is -2.19. The number of nitrogens with two attached hydrogens (primary N) is 1. The van der Waals surface area contributed by atoms with E-state index in [2.05, 4.69) is 13.8 Å². The molecule has 0 aromatic heterocycles. The Morgan fingerprint density at radius 2 is 2.06 bits per heavy atom. The van der Waals surface area contributed by atoms with Crippen molar-refractivity contribution in [1.29, 1.82) is 0 Å². The number of halogens is 1. The molecule has 0 bridgehead atoms. The van der Waals surface area contributed by atoms with Crippen molar-refractivity contribution in [3.05, 3.63) is 23.8 Å². The van der Waals surface area contributed by atoms with Gasteiger partial charge in [-0.3, -0.25) is 0 Å². The van der Waals surface area contributed by atoms with Crippen LogP contribution in [0.5, 0.6) is 11.5 Å². The Bertz CT molecular complexity index is 331. The van der Waals surface area contributed by atoms with Gasteiger partial charge < -0.3 is 15.6 Å². The fraction of sp³-hybridized carbons (Fsp3) is 0.500. The highest BCUT2D eigenvalue weighted by atomic mass is 35.5. The van der Waals surface area contributed by atoms with Crippen molar-refractivity contribution in [3.8, 4) is 11.5 Å². The van der Waals surface area contributed by atoms with Gasteiger partial charge in [-0.15, -0.1) is 12.4 Å². The second kappa shape index (κ2) is 6.61. The van der Waals surface area contributed by atoms with Crippen molar-refractivity contribution >= 4 is 12.4 Å². The Hall–Kier alpha value is -0.930. The van der Waals surface area contributed by atoms with Gasteiger partial charge in [-0.2, -0.15) is 0 Å². The van der Waals surface area contributed by atoms with Crippen LogP contribution in [0.1, 0.15) is 31.9 Å². The van der Waals surface area contributed by atoms with Gasteiger partial charge in [0.05, 0.1) is 12.7 Å². The number of phenolic OH excluding ortho intramolecular Hbond substituents is 1. The summed E-state index contributed by atoms with van der Waals surface area (Å²) in [7, 11) is 1.58. The van der Waals surface area contributed by atoms with E-state index in [9.17, 15) is 5.11 Å².